The van der Waals surface area contributed by atoms with Gasteiger partial charge in [0.05, 0.1) is 17.2 Å². The smallest absolute Gasteiger partial charge is 0.283 e. The van der Waals surface area contributed by atoms with Crippen LogP contribution in [0.1, 0.15) is 77.3 Å². The first-order chi connectivity index (χ1) is 20.1. The lowest BCUT2D eigenvalue weighted by molar-refractivity contribution is -0.114. The highest BCUT2D eigenvalue weighted by molar-refractivity contribution is 9.10. The van der Waals surface area contributed by atoms with Crippen molar-refractivity contribution in [3.05, 3.63) is 57.6 Å². The second kappa shape index (κ2) is 14.4. The number of thioether (sulfide) groups is 1. The highest BCUT2D eigenvalue weighted by Crippen LogP contribution is 2.38. The predicted octanol–water partition coefficient (Wildman–Crippen LogP) is 8.19. The third kappa shape index (κ3) is 8.04. The van der Waals surface area contributed by atoms with Gasteiger partial charge in [-0.1, -0.05) is 65.5 Å². The second-order valence-electron chi connectivity index (χ2n) is 11.2. The Morgan fingerprint density at radius 3 is 2.45 bits per heavy atom. The number of methoxy groups -OCH3 is 1. The third-order valence-corrected chi connectivity index (χ3v) is 8.43. The van der Waals surface area contributed by atoms with Crippen LogP contribution in [0.25, 0.3) is 6.08 Å². The zero-order valence-corrected chi connectivity index (χ0v) is 27.4. The number of nitrogens with zero attached hydrogens (tertiary/aromatic N) is 3. The number of halogens is 1. The summed E-state index contributed by atoms with van der Waals surface area (Å²) in [5, 5.41) is 16.1. The van der Waals surface area contributed by atoms with Crippen molar-refractivity contribution in [2.75, 3.05) is 20.3 Å². The average molecular weight is 656 g/mol. The van der Waals surface area contributed by atoms with Crippen LogP contribution in [0.2, 0.25) is 0 Å². The van der Waals surface area contributed by atoms with Gasteiger partial charge in [0, 0.05) is 0 Å². The van der Waals surface area contributed by atoms with Gasteiger partial charge in [-0.2, -0.15) is 15.1 Å². The first-order valence-corrected chi connectivity index (χ1v) is 15.9. The van der Waals surface area contributed by atoms with E-state index in [-0.39, 0.29) is 16.8 Å². The Morgan fingerprint density at radius 1 is 1.05 bits per heavy atom. The van der Waals surface area contributed by atoms with Gasteiger partial charge in [-0.15, -0.1) is 0 Å². The number of carbonyl (C=O) groups excluding carboxylic acids is 1. The molecule has 0 unspecified atom stereocenters. The molecular weight excluding hydrogens is 616 g/mol. The molecule has 0 bridgehead atoms. The molecule has 0 saturated heterocycles. The molecule has 2 aromatic carbocycles. The number of carbonyl (C=O) groups is 1. The van der Waals surface area contributed by atoms with Crippen LogP contribution >= 0.6 is 27.7 Å². The van der Waals surface area contributed by atoms with Gasteiger partial charge >= 0.3 is 0 Å². The fraction of sp³-hybridized carbons (Fsp3) is 0.438. The van der Waals surface area contributed by atoms with Crippen molar-refractivity contribution in [3.8, 4) is 17.2 Å². The summed E-state index contributed by atoms with van der Waals surface area (Å²) in [6.07, 6.45) is 8.30. The predicted molar refractivity (Wildman–Crippen MR) is 175 cm³/mol. The minimum Gasteiger partial charge on any atom is -0.493 e. The summed E-state index contributed by atoms with van der Waals surface area (Å²) >= 11 is 4.95. The number of rotatable bonds is 13. The van der Waals surface area contributed by atoms with Crippen LogP contribution < -0.4 is 14.2 Å². The molecule has 0 spiro atoms. The maximum absolute atomic E-state index is 12.9. The first kappa shape index (κ1) is 31.8. The summed E-state index contributed by atoms with van der Waals surface area (Å²) in [5.74, 6) is 1.36. The zero-order chi connectivity index (χ0) is 30.3. The number of hydrogen-bond donors (Lipinski definition) is 1. The van der Waals surface area contributed by atoms with Crippen LogP contribution in [0, 0.1) is 5.41 Å². The van der Waals surface area contributed by atoms with E-state index in [2.05, 4.69) is 65.9 Å². The van der Waals surface area contributed by atoms with Crippen LogP contribution in [0.15, 0.2) is 56.5 Å². The summed E-state index contributed by atoms with van der Waals surface area (Å²) in [7, 11) is 1.56. The van der Waals surface area contributed by atoms with Gasteiger partial charge in [0.15, 0.2) is 17.3 Å². The molecule has 0 saturated carbocycles. The average Bonchev–Trinajstić information content (AvgIpc) is 3.36. The maximum atomic E-state index is 12.9. The van der Waals surface area contributed by atoms with Gasteiger partial charge in [-0.05, 0) is 87.4 Å². The molecule has 0 radical (unpaired) electrons. The van der Waals surface area contributed by atoms with Gasteiger partial charge < -0.3 is 14.2 Å². The number of amidine groups is 2. The van der Waals surface area contributed by atoms with Gasteiger partial charge in [0.2, 0.25) is 5.17 Å². The standard InChI is InChI=1S/C32H39BrN4O4S/c1-6-7-8-9-10-11-27-36-37-29(34)24(30(38)35-31(37)42-27)18-21-19-25(33)28(26(20-21)39-5)41-17-16-40-23-14-12-22(13-15-23)32(2,3)4/h12-15,18-20,34H,6-11,16-17H2,1-5H3/b24-18+,34-29?. The quantitative estimate of drug-likeness (QED) is 0.173. The van der Waals surface area contributed by atoms with Crippen LogP contribution in [-0.4, -0.2) is 47.3 Å². The summed E-state index contributed by atoms with van der Waals surface area (Å²) in [4.78, 5) is 17.1. The Balaban J connectivity index is 1.39. The van der Waals surface area contributed by atoms with Gasteiger partial charge in [0.25, 0.3) is 5.91 Å². The van der Waals surface area contributed by atoms with Gasteiger partial charge in [-0.25, -0.2) is 0 Å². The largest absolute Gasteiger partial charge is 0.493 e. The molecule has 2 heterocycles. The molecule has 42 heavy (non-hydrogen) atoms. The van der Waals surface area contributed by atoms with E-state index in [4.69, 9.17) is 19.6 Å². The fourth-order valence-corrected chi connectivity index (χ4v) is 6.00. The van der Waals surface area contributed by atoms with Crippen molar-refractivity contribution in [1.82, 2.24) is 5.01 Å². The molecule has 0 fully saturated rings. The number of fused-ring (bicyclic) bond motifs is 1. The topological polar surface area (TPSA) is 96.6 Å². The van der Waals surface area contributed by atoms with Crippen molar-refractivity contribution < 1.29 is 19.0 Å². The molecule has 1 N–H and O–H groups in total. The van der Waals surface area contributed by atoms with E-state index in [9.17, 15) is 4.79 Å². The number of hydrazone groups is 1. The number of benzene rings is 2. The van der Waals surface area contributed by atoms with E-state index >= 15 is 0 Å². The van der Waals surface area contributed by atoms with Gasteiger partial charge in [0.1, 0.15) is 24.0 Å². The molecular formula is C32H39BrN4O4S. The molecule has 4 rings (SSSR count). The van der Waals surface area contributed by atoms with Crippen molar-refractivity contribution in [3.63, 3.8) is 0 Å². The SMILES string of the molecule is CCCCCCCC1=NN2C(=N)/C(=C\c3cc(Br)c(OCCOc4ccc(C(C)(C)C)cc4)c(OC)c3)C(=O)N=C2S1. The monoisotopic (exact) mass is 654 g/mol. The first-order valence-electron chi connectivity index (χ1n) is 14.3. The second-order valence-corrected chi connectivity index (χ2v) is 13.1. The lowest BCUT2D eigenvalue weighted by Gasteiger charge is -2.20. The maximum Gasteiger partial charge on any atom is 0.283 e. The molecule has 8 nitrogen and oxygen atoms in total. The molecule has 1 amide bonds. The molecule has 0 atom stereocenters. The minimum atomic E-state index is -0.457. The Morgan fingerprint density at radius 2 is 1.76 bits per heavy atom. The lowest BCUT2D eigenvalue weighted by Crippen LogP contribution is -2.35. The normalized spacial score (nSPS) is 16.0. The van der Waals surface area contributed by atoms with Crippen LogP contribution in [0.5, 0.6) is 17.2 Å². The third-order valence-electron chi connectivity index (χ3n) is 6.87. The Kier molecular flexibility index (Phi) is 10.9. The fourth-order valence-electron chi connectivity index (χ4n) is 4.50. The Labute approximate surface area is 261 Å². The molecule has 2 aliphatic rings. The lowest BCUT2D eigenvalue weighted by atomic mass is 9.87. The van der Waals surface area contributed by atoms with E-state index in [1.165, 1.54) is 41.6 Å². The molecule has 2 aromatic rings. The number of amides is 1. The van der Waals surface area contributed by atoms with Crippen LogP contribution in [0.4, 0.5) is 0 Å². The van der Waals surface area contributed by atoms with Crippen LogP contribution in [-0.2, 0) is 10.2 Å². The number of hydrogen-bond acceptors (Lipinski definition) is 7. The van der Waals surface area contributed by atoms with Crippen LogP contribution in [0.3, 0.4) is 0 Å². The molecule has 0 aromatic heterocycles. The summed E-state index contributed by atoms with van der Waals surface area (Å²) in [6.45, 7) is 9.40. The molecule has 224 valence electrons. The van der Waals surface area contributed by atoms with Crippen molar-refractivity contribution in [1.29, 1.82) is 5.41 Å². The minimum absolute atomic E-state index is 0.0154. The number of aliphatic imine (C=N–C) groups is 1. The zero-order valence-electron chi connectivity index (χ0n) is 25.0. The van der Waals surface area contributed by atoms with E-state index in [0.29, 0.717) is 39.9 Å². The van der Waals surface area contributed by atoms with E-state index < -0.39 is 5.91 Å². The molecule has 10 heteroatoms. The summed E-state index contributed by atoms with van der Waals surface area (Å²) < 4.78 is 18.1. The molecule has 0 aliphatic carbocycles. The van der Waals surface area contributed by atoms with Crippen molar-refractivity contribution in [2.24, 2.45) is 10.1 Å². The van der Waals surface area contributed by atoms with E-state index in [1.54, 1.807) is 19.3 Å². The Bertz CT molecular complexity index is 1400. The summed E-state index contributed by atoms with van der Waals surface area (Å²) in [5.41, 5.74) is 2.17. The van der Waals surface area contributed by atoms with Gasteiger partial charge in [-0.3, -0.25) is 10.2 Å². The molecule has 2 aliphatic heterocycles. The number of ether oxygens (including phenoxy) is 3. The van der Waals surface area contributed by atoms with Crippen molar-refractivity contribution in [2.45, 2.75) is 71.6 Å². The number of nitrogens with one attached hydrogen (secondary N) is 1. The van der Waals surface area contributed by atoms with E-state index in [0.717, 1.165) is 30.1 Å². The van der Waals surface area contributed by atoms with E-state index in [1.807, 2.05) is 18.2 Å². The highest BCUT2D eigenvalue weighted by atomic mass is 79.9. The Hall–Kier alpha value is -3.11. The number of unbranched alkanes of at least 4 members (excludes halogenated alkanes) is 4. The highest BCUT2D eigenvalue weighted by Gasteiger charge is 2.35. The summed E-state index contributed by atoms with van der Waals surface area (Å²) in [6, 6.07) is 11.7. The van der Waals surface area contributed by atoms with Crippen molar-refractivity contribution >= 4 is 55.7 Å².